The summed E-state index contributed by atoms with van der Waals surface area (Å²) in [6.45, 7) is 5.04. The molecule has 0 spiro atoms. The largest absolute Gasteiger partial charge is 0.391 e. The van der Waals surface area contributed by atoms with Gasteiger partial charge in [0.25, 0.3) is 0 Å². The molecule has 0 aromatic heterocycles. The van der Waals surface area contributed by atoms with Gasteiger partial charge in [0.1, 0.15) is 72.5 Å². The van der Waals surface area contributed by atoms with Crippen molar-refractivity contribution in [3.8, 4) is 0 Å². The van der Waals surface area contributed by atoms with Crippen molar-refractivity contribution >= 4 is 112 Å². The molecule has 123 heavy (non-hydrogen) atoms. The molecule has 4 rings (SSSR count). The smallest absolute Gasteiger partial charge is 0.245 e. The number of nitrogens with two attached hydrogens (primary N) is 5. The Morgan fingerprint density at radius 2 is 0.902 bits per heavy atom. The minimum Gasteiger partial charge on any atom is -0.391 e. The summed E-state index contributed by atoms with van der Waals surface area (Å²) in [5.74, 6) is -16.8. The summed E-state index contributed by atoms with van der Waals surface area (Å²) in [5.41, 5.74) is 29.9. The molecule has 13 atom stereocenters. The number of amides is 17. The molecule has 2 heterocycles. The fourth-order valence-electron chi connectivity index (χ4n) is 12.9. The Balaban J connectivity index is 1.73. The molecule has 44 heteroatoms. The van der Waals surface area contributed by atoms with Crippen LogP contribution in [0, 0.1) is 16.7 Å². The lowest BCUT2D eigenvalue weighted by Gasteiger charge is -2.29. The summed E-state index contributed by atoms with van der Waals surface area (Å²) in [7, 11) is 0. The fourth-order valence-corrected chi connectivity index (χ4v) is 12.9. The van der Waals surface area contributed by atoms with Crippen LogP contribution < -0.4 is 130 Å². The van der Waals surface area contributed by atoms with Crippen molar-refractivity contribution in [1.29, 1.82) is 10.8 Å². The minimum absolute atomic E-state index is 0.00540. The van der Waals surface area contributed by atoms with E-state index in [4.69, 9.17) is 39.5 Å². The molecule has 2 aromatic carbocycles. The van der Waals surface area contributed by atoms with E-state index in [9.17, 15) is 77.0 Å². The van der Waals surface area contributed by atoms with Crippen molar-refractivity contribution in [1.82, 2.24) is 101 Å². The zero-order chi connectivity index (χ0) is 90.9. The summed E-state index contributed by atoms with van der Waals surface area (Å²) in [4.78, 5) is 240. The maximum Gasteiger partial charge on any atom is 0.245 e. The molecule has 2 fully saturated rings. The number of unbranched alkanes of at least 4 members (excludes halogenated alkanes) is 2. The van der Waals surface area contributed by atoms with Crippen LogP contribution >= 0.6 is 0 Å². The third-order valence-corrected chi connectivity index (χ3v) is 19.7. The molecule has 44 nitrogen and oxygen atoms in total. The quantitative estimate of drug-likeness (QED) is 0.0170. The van der Waals surface area contributed by atoms with E-state index in [2.05, 4.69) is 101 Å². The van der Waals surface area contributed by atoms with Crippen LogP contribution in [0.2, 0.25) is 0 Å². The van der Waals surface area contributed by atoms with Gasteiger partial charge in [-0.15, -0.1) is 0 Å². The molecule has 2 saturated heterocycles. The summed E-state index contributed by atoms with van der Waals surface area (Å²) >= 11 is 0. The number of primary amides is 1. The monoisotopic (exact) mass is 1730 g/mol. The van der Waals surface area contributed by atoms with Crippen LogP contribution in [0.3, 0.4) is 0 Å². The Bertz CT molecular complexity index is 3860. The van der Waals surface area contributed by atoms with E-state index >= 15 is 9.59 Å². The molecule has 0 bridgehead atoms. The highest BCUT2D eigenvalue weighted by molar-refractivity contribution is 6.01. The fraction of sp³-hybridized carbons (Fsp3) is 0.608. The lowest BCUT2D eigenvalue weighted by molar-refractivity contribution is -0.137. The van der Waals surface area contributed by atoms with E-state index in [0.29, 0.717) is 24.9 Å². The maximum absolute atomic E-state index is 15.2. The molecule has 0 aliphatic carbocycles. The second-order valence-electron chi connectivity index (χ2n) is 30.6. The minimum atomic E-state index is -1.91. The highest BCUT2D eigenvalue weighted by Crippen LogP contribution is 2.15. The van der Waals surface area contributed by atoms with Gasteiger partial charge in [-0.1, -0.05) is 74.5 Å². The predicted octanol–water partition coefficient (Wildman–Crippen LogP) is -7.83. The van der Waals surface area contributed by atoms with E-state index in [0.717, 1.165) is 12.5 Å². The lowest BCUT2D eigenvalue weighted by atomic mass is 10.0. The Labute approximate surface area is 714 Å². The summed E-state index contributed by atoms with van der Waals surface area (Å²) in [5, 5.41) is 75.8. The molecule has 2 aliphatic heterocycles. The normalized spacial score (nSPS) is 21.9. The molecule has 682 valence electrons. The van der Waals surface area contributed by atoms with E-state index < -0.39 is 217 Å². The van der Waals surface area contributed by atoms with E-state index in [1.807, 2.05) is 30.3 Å². The van der Waals surface area contributed by atoms with Crippen molar-refractivity contribution in [2.24, 2.45) is 34.6 Å². The van der Waals surface area contributed by atoms with Gasteiger partial charge in [-0.25, -0.2) is 0 Å². The molecule has 2 aliphatic rings. The number of rotatable bonds is 37. The predicted molar refractivity (Wildman–Crippen MR) is 451 cm³/mol. The van der Waals surface area contributed by atoms with Crippen LogP contribution in [0.5, 0.6) is 0 Å². The van der Waals surface area contributed by atoms with Gasteiger partial charge in [0, 0.05) is 39.1 Å². The SMILES string of the molecule is CC(C)C[C@@H]1NC(=O)[C@H](CCCCN)NC(=O)[C@H](CCCNC(=N)N)NC(=O)[C@@H](NC(=O)[C@@H]2CC(=O)NCCCC[C@H](NC(=O)[C@@H](NC(=O)[C@H](Cc3ccccc3)NC(=O)CNC(=O)CNC(=O)CNCc3ccccc3)[C@@H](C)O)C(=O)N[C@@H](C)C(=O)N[C@@H](CCCNC(=N)N)C(=O)N[C@@H](CCCCN)C(=O)N2)CCCCNC(=O)C[C@@H](C(N)=O)NC1=O. The highest BCUT2D eigenvalue weighted by Gasteiger charge is 2.39. The molecule has 0 unspecified atom stereocenters. The van der Waals surface area contributed by atoms with Crippen molar-refractivity contribution in [3.05, 3.63) is 71.8 Å². The Morgan fingerprint density at radius 1 is 0.472 bits per heavy atom. The number of carbonyl (C=O) groups excluding carboxylic acids is 17. The second kappa shape index (κ2) is 56.4. The van der Waals surface area contributed by atoms with Crippen LogP contribution in [0.15, 0.2) is 60.7 Å². The first-order valence-corrected chi connectivity index (χ1v) is 41.6. The number of hydrogen-bond acceptors (Lipinski definition) is 23. The number of nitrogens with one attached hydrogen (secondary N) is 21. The van der Waals surface area contributed by atoms with Crippen LogP contribution in [-0.2, 0) is 94.5 Å². The van der Waals surface area contributed by atoms with E-state index in [1.165, 1.54) is 6.92 Å². The standard InChI is InChI=1S/C79H128N26O18/c1-45(2)37-57-74(120)102-56(66(82)112)39-60(107)88-33-18-14-28-53(69(115)99-55(30-20-36-91-79(85)86)71(117)98-51(72(118)103-57)25-11-15-31-80)100-75(121)59-40-61(108)89-34-17-13-27-50(68(114)94-46(3)67(113)96-54(29-19-35-90-78(83)84)70(116)97-52(73(119)104-59)26-12-16-32-81)101-77(123)65(47(4)106)105-76(122)58(38-48-21-7-5-8-22-48)95-64(111)44-93-63(110)43-92-62(109)42-87-41-49-23-9-6-10-24-49/h5-10,21-24,45-47,50-59,65,87,106H,11-20,25-44,80-81H2,1-4H3,(H2,82,112)(H,88,107)(H,89,108)(H,92,109)(H,93,110)(H,94,114)(H,95,111)(H,96,113)(H,97,116)(H,98,117)(H,99,115)(H,100,121)(H,101,123)(H,102,120)(H,103,118)(H,104,119)(H,105,122)(H4,83,84,90)(H4,85,86,91)/t46-,47+,50-,51-,52-,53-,54-,55-,56-,57-,58-,59-,65-/m0/s1. The van der Waals surface area contributed by atoms with Crippen molar-refractivity contribution in [2.75, 3.05) is 58.9 Å². The van der Waals surface area contributed by atoms with Gasteiger partial charge in [-0.2, -0.15) is 0 Å². The topological polar surface area (TPSA) is 717 Å². The average molecular weight is 1730 g/mol. The number of benzene rings is 2. The van der Waals surface area contributed by atoms with Crippen molar-refractivity contribution in [3.63, 3.8) is 0 Å². The van der Waals surface area contributed by atoms with Gasteiger partial charge in [0.15, 0.2) is 11.9 Å². The van der Waals surface area contributed by atoms with Crippen LogP contribution in [-0.4, -0.2) is 255 Å². The van der Waals surface area contributed by atoms with Crippen LogP contribution in [0.1, 0.15) is 161 Å². The second-order valence-corrected chi connectivity index (χ2v) is 30.6. The van der Waals surface area contributed by atoms with Crippen molar-refractivity contribution < 1.29 is 86.6 Å². The first-order chi connectivity index (χ1) is 58.6. The molecule has 17 amide bonds. The van der Waals surface area contributed by atoms with Gasteiger partial charge in [0.05, 0.1) is 38.6 Å². The van der Waals surface area contributed by atoms with Crippen LogP contribution in [0.25, 0.3) is 0 Å². The number of hydrogen-bond donors (Lipinski definition) is 27. The molecule has 0 radical (unpaired) electrons. The summed E-state index contributed by atoms with van der Waals surface area (Å²) < 4.78 is 0. The van der Waals surface area contributed by atoms with Gasteiger partial charge < -0.3 is 135 Å². The Morgan fingerprint density at radius 3 is 1.40 bits per heavy atom. The van der Waals surface area contributed by atoms with Gasteiger partial charge in [-0.05, 0) is 153 Å². The first kappa shape index (κ1) is 103. The number of aliphatic hydroxyl groups is 1. The lowest BCUT2D eigenvalue weighted by Crippen LogP contribution is -2.61. The third-order valence-electron chi connectivity index (χ3n) is 19.7. The average Bonchev–Trinajstić information content (AvgIpc) is 0.855. The number of guanidine groups is 2. The first-order valence-electron chi connectivity index (χ1n) is 41.6. The zero-order valence-corrected chi connectivity index (χ0v) is 70.3. The molecule has 0 saturated carbocycles. The summed E-state index contributed by atoms with van der Waals surface area (Å²) in [6.07, 6.45) is -3.20. The van der Waals surface area contributed by atoms with Crippen LogP contribution in [0.4, 0.5) is 0 Å². The van der Waals surface area contributed by atoms with Gasteiger partial charge in [0.2, 0.25) is 100 Å². The van der Waals surface area contributed by atoms with E-state index in [1.54, 1.807) is 44.2 Å². The number of aliphatic hydroxyl groups excluding tert-OH is 1. The number of carbonyl (C=O) groups is 17. The highest BCUT2D eigenvalue weighted by atomic mass is 16.3. The summed E-state index contributed by atoms with van der Waals surface area (Å²) in [6, 6.07) is -1.26. The molecular weight excluding hydrogens is 1600 g/mol. The van der Waals surface area contributed by atoms with Gasteiger partial charge in [-0.3, -0.25) is 92.3 Å². The van der Waals surface area contributed by atoms with E-state index in [-0.39, 0.29) is 154 Å². The van der Waals surface area contributed by atoms with Gasteiger partial charge >= 0.3 is 0 Å². The Hall–Kier alpha value is -12.2. The maximum atomic E-state index is 15.2. The molecule has 2 aromatic rings. The third kappa shape index (κ3) is 41.3. The Kier molecular flexibility index (Phi) is 47.3. The van der Waals surface area contributed by atoms with Crippen molar-refractivity contribution in [2.45, 2.75) is 241 Å². The zero-order valence-electron chi connectivity index (χ0n) is 70.3. The molecule has 32 N–H and O–H groups in total. The molecular formula is C79H128N26O18.